The van der Waals surface area contributed by atoms with E-state index in [1.807, 2.05) is 43.0 Å². The summed E-state index contributed by atoms with van der Waals surface area (Å²) < 4.78 is 0.978. The first kappa shape index (κ1) is 12.6. The number of benzene rings is 1. The van der Waals surface area contributed by atoms with Crippen LogP contribution < -0.4 is 5.73 Å². The molecule has 0 spiro atoms. The molecule has 1 aromatic carbocycles. The van der Waals surface area contributed by atoms with Gasteiger partial charge in [0.1, 0.15) is 0 Å². The van der Waals surface area contributed by atoms with Crippen molar-refractivity contribution in [2.45, 2.75) is 31.8 Å². The summed E-state index contributed by atoms with van der Waals surface area (Å²) in [6.07, 6.45) is 0.870. The largest absolute Gasteiger partial charge is 0.332 e. The van der Waals surface area contributed by atoms with Crippen molar-refractivity contribution >= 4 is 21.8 Å². The van der Waals surface area contributed by atoms with Gasteiger partial charge in [0, 0.05) is 22.6 Å². The average Bonchev–Trinajstić information content (AvgIpc) is 2.54. The Morgan fingerprint density at radius 1 is 1.41 bits per heavy atom. The highest BCUT2D eigenvalue weighted by molar-refractivity contribution is 9.10. The van der Waals surface area contributed by atoms with E-state index in [2.05, 4.69) is 15.9 Å². The van der Waals surface area contributed by atoms with E-state index in [1.165, 1.54) is 0 Å². The van der Waals surface area contributed by atoms with Crippen LogP contribution >= 0.6 is 15.9 Å². The lowest BCUT2D eigenvalue weighted by Crippen LogP contribution is -2.51. The third-order valence-electron chi connectivity index (χ3n) is 3.60. The molecule has 0 aromatic heterocycles. The van der Waals surface area contributed by atoms with E-state index in [9.17, 15) is 4.79 Å². The third-order valence-corrected chi connectivity index (χ3v) is 4.13. The number of carbonyl (C=O) groups excluding carboxylic acids is 1. The van der Waals surface area contributed by atoms with Crippen LogP contribution in [0.3, 0.4) is 0 Å². The van der Waals surface area contributed by atoms with Gasteiger partial charge in [0.05, 0.1) is 5.54 Å². The molecule has 1 aliphatic heterocycles. The molecule has 1 aromatic rings. The Kier molecular flexibility index (Phi) is 3.27. The lowest BCUT2D eigenvalue weighted by molar-refractivity contribution is 0.0637. The number of nitrogens with zero attached hydrogens (tertiary/aromatic N) is 1. The van der Waals surface area contributed by atoms with Gasteiger partial charge in [-0.2, -0.15) is 0 Å². The maximum absolute atomic E-state index is 12.4. The molecular weight excluding hydrogens is 280 g/mol. The smallest absolute Gasteiger partial charge is 0.254 e. The predicted octanol–water partition coefficient (Wildman–Crippen LogP) is 2.40. The first-order valence-electron chi connectivity index (χ1n) is 5.76. The Morgan fingerprint density at radius 2 is 2.00 bits per heavy atom. The minimum atomic E-state index is -0.260. The van der Waals surface area contributed by atoms with Crippen LogP contribution in [-0.4, -0.2) is 28.9 Å². The Hall–Kier alpha value is -0.870. The van der Waals surface area contributed by atoms with Gasteiger partial charge >= 0.3 is 0 Å². The van der Waals surface area contributed by atoms with Crippen molar-refractivity contribution in [2.75, 3.05) is 6.54 Å². The highest BCUT2D eigenvalue weighted by Crippen LogP contribution is 2.29. The number of rotatable bonds is 1. The quantitative estimate of drug-likeness (QED) is 0.865. The number of hydrogen-bond acceptors (Lipinski definition) is 2. The van der Waals surface area contributed by atoms with E-state index < -0.39 is 0 Å². The Labute approximate surface area is 110 Å². The zero-order valence-electron chi connectivity index (χ0n) is 10.1. The normalized spacial score (nSPS) is 22.8. The molecule has 1 saturated heterocycles. The summed E-state index contributed by atoms with van der Waals surface area (Å²) in [4.78, 5) is 14.3. The molecule has 0 bridgehead atoms. The van der Waals surface area contributed by atoms with Crippen molar-refractivity contribution in [1.29, 1.82) is 0 Å². The van der Waals surface area contributed by atoms with Gasteiger partial charge in [-0.25, -0.2) is 0 Å². The van der Waals surface area contributed by atoms with E-state index >= 15 is 0 Å². The third kappa shape index (κ3) is 2.24. The minimum absolute atomic E-state index is 0.0573. The van der Waals surface area contributed by atoms with Gasteiger partial charge in [-0.3, -0.25) is 4.79 Å². The lowest BCUT2D eigenvalue weighted by atomic mass is 9.96. The Balaban J connectivity index is 2.24. The fourth-order valence-corrected chi connectivity index (χ4v) is 2.49. The van der Waals surface area contributed by atoms with Crippen molar-refractivity contribution in [3.8, 4) is 0 Å². The second kappa shape index (κ2) is 4.42. The van der Waals surface area contributed by atoms with Crippen molar-refractivity contribution in [3.63, 3.8) is 0 Å². The predicted molar refractivity (Wildman–Crippen MR) is 71.8 cm³/mol. The fraction of sp³-hybridized carbons (Fsp3) is 0.462. The van der Waals surface area contributed by atoms with Crippen molar-refractivity contribution in [2.24, 2.45) is 5.73 Å². The molecule has 2 rings (SSSR count). The monoisotopic (exact) mass is 296 g/mol. The van der Waals surface area contributed by atoms with Crippen LogP contribution in [-0.2, 0) is 0 Å². The maximum atomic E-state index is 12.4. The topological polar surface area (TPSA) is 46.3 Å². The number of amides is 1. The van der Waals surface area contributed by atoms with E-state index in [4.69, 9.17) is 5.73 Å². The van der Waals surface area contributed by atoms with Crippen molar-refractivity contribution < 1.29 is 4.79 Å². The van der Waals surface area contributed by atoms with E-state index in [0.29, 0.717) is 0 Å². The van der Waals surface area contributed by atoms with Crippen LogP contribution in [0.2, 0.25) is 0 Å². The van der Waals surface area contributed by atoms with E-state index in [-0.39, 0.29) is 17.5 Å². The van der Waals surface area contributed by atoms with Gasteiger partial charge in [-0.1, -0.05) is 15.9 Å². The zero-order chi connectivity index (χ0) is 12.6. The molecule has 1 atom stereocenters. The summed E-state index contributed by atoms with van der Waals surface area (Å²) >= 11 is 3.37. The SMILES string of the molecule is CC1(C)C(N)CCN1C(=O)c1ccc(Br)cc1. The van der Waals surface area contributed by atoms with Crippen molar-refractivity contribution in [1.82, 2.24) is 4.90 Å². The van der Waals surface area contributed by atoms with Crippen LogP contribution in [0, 0.1) is 0 Å². The van der Waals surface area contributed by atoms with Crippen LogP contribution in [0.4, 0.5) is 0 Å². The minimum Gasteiger partial charge on any atom is -0.332 e. The summed E-state index contributed by atoms with van der Waals surface area (Å²) in [6.45, 7) is 4.80. The summed E-state index contributed by atoms with van der Waals surface area (Å²) in [5, 5.41) is 0. The average molecular weight is 297 g/mol. The highest BCUT2D eigenvalue weighted by atomic mass is 79.9. The molecule has 0 radical (unpaired) electrons. The lowest BCUT2D eigenvalue weighted by Gasteiger charge is -2.34. The van der Waals surface area contributed by atoms with Crippen LogP contribution in [0.1, 0.15) is 30.6 Å². The molecule has 4 heteroatoms. The van der Waals surface area contributed by atoms with Gasteiger partial charge in [0.2, 0.25) is 0 Å². The molecule has 1 unspecified atom stereocenters. The molecule has 1 aliphatic rings. The summed E-state index contributed by atoms with van der Waals surface area (Å²) in [5.41, 5.74) is 6.50. The molecule has 1 amide bonds. The molecule has 0 aliphatic carbocycles. The molecule has 1 fully saturated rings. The fourth-order valence-electron chi connectivity index (χ4n) is 2.22. The molecule has 92 valence electrons. The summed E-state index contributed by atoms with van der Waals surface area (Å²) in [7, 11) is 0. The van der Waals surface area contributed by atoms with Gasteiger partial charge in [0.15, 0.2) is 0 Å². The Bertz CT molecular complexity index is 428. The number of likely N-dealkylation sites (tertiary alicyclic amines) is 1. The summed E-state index contributed by atoms with van der Waals surface area (Å²) in [5.74, 6) is 0.0652. The summed E-state index contributed by atoms with van der Waals surface area (Å²) in [6, 6.07) is 7.51. The highest BCUT2D eigenvalue weighted by Gasteiger charge is 2.41. The second-order valence-corrected chi connectivity index (χ2v) is 5.93. The zero-order valence-corrected chi connectivity index (χ0v) is 11.7. The number of nitrogens with two attached hydrogens (primary N) is 1. The molecule has 2 N–H and O–H groups in total. The second-order valence-electron chi connectivity index (χ2n) is 5.01. The van der Waals surface area contributed by atoms with E-state index in [1.54, 1.807) is 0 Å². The van der Waals surface area contributed by atoms with E-state index in [0.717, 1.165) is 23.0 Å². The molecule has 3 nitrogen and oxygen atoms in total. The first-order valence-corrected chi connectivity index (χ1v) is 6.55. The molecule has 17 heavy (non-hydrogen) atoms. The number of hydrogen-bond donors (Lipinski definition) is 1. The maximum Gasteiger partial charge on any atom is 0.254 e. The van der Waals surface area contributed by atoms with Gasteiger partial charge in [-0.05, 0) is 44.5 Å². The van der Waals surface area contributed by atoms with Gasteiger partial charge in [-0.15, -0.1) is 0 Å². The first-order chi connectivity index (χ1) is 7.93. The van der Waals surface area contributed by atoms with Gasteiger partial charge < -0.3 is 10.6 Å². The van der Waals surface area contributed by atoms with Crippen LogP contribution in [0.5, 0.6) is 0 Å². The molecule has 0 saturated carbocycles. The van der Waals surface area contributed by atoms with Crippen LogP contribution in [0.25, 0.3) is 0 Å². The van der Waals surface area contributed by atoms with Crippen LogP contribution in [0.15, 0.2) is 28.7 Å². The number of carbonyl (C=O) groups is 1. The number of halogens is 1. The standard InChI is InChI=1S/C13H17BrN2O/c1-13(2)11(15)7-8-16(13)12(17)9-3-5-10(14)6-4-9/h3-6,11H,7-8,15H2,1-2H3. The van der Waals surface area contributed by atoms with Gasteiger partial charge in [0.25, 0.3) is 5.91 Å². The Morgan fingerprint density at radius 3 is 2.47 bits per heavy atom. The molecule has 1 heterocycles. The molecular formula is C13H17BrN2O. The van der Waals surface area contributed by atoms with Crippen molar-refractivity contribution in [3.05, 3.63) is 34.3 Å².